The number of anilines is 1. The fourth-order valence-electron chi connectivity index (χ4n) is 5.01. The van der Waals surface area contributed by atoms with Gasteiger partial charge in [-0.1, -0.05) is 66.7 Å². The molecule has 0 saturated heterocycles. The van der Waals surface area contributed by atoms with E-state index in [4.69, 9.17) is 9.47 Å². The van der Waals surface area contributed by atoms with Crippen LogP contribution in [0.2, 0.25) is 0 Å². The molecule has 0 atom stereocenters. The Morgan fingerprint density at radius 3 is 1.83 bits per heavy atom. The smallest absolute Gasteiger partial charge is 0.343 e. The Bertz CT molecular complexity index is 1850. The van der Waals surface area contributed by atoms with Gasteiger partial charge in [0, 0.05) is 17.8 Å². The average molecular weight is 643 g/mol. The molecule has 9 nitrogen and oxygen atoms in total. The van der Waals surface area contributed by atoms with Gasteiger partial charge in [0.05, 0.1) is 19.1 Å². The zero-order valence-corrected chi connectivity index (χ0v) is 26.3. The molecule has 2 N–H and O–H groups in total. The molecule has 0 fully saturated rings. The van der Waals surface area contributed by atoms with Crippen molar-refractivity contribution in [3.8, 4) is 11.5 Å². The monoisotopic (exact) mass is 642 g/mol. The first-order valence-electron chi connectivity index (χ1n) is 15.2. The number of amides is 2. The first-order chi connectivity index (χ1) is 23.2. The van der Waals surface area contributed by atoms with Gasteiger partial charge >= 0.3 is 11.9 Å². The summed E-state index contributed by atoms with van der Waals surface area (Å²) < 4.78 is 10.7. The molecule has 5 aromatic carbocycles. The zero-order chi connectivity index (χ0) is 33.9. The van der Waals surface area contributed by atoms with Crippen LogP contribution in [-0.2, 0) is 29.0 Å². The normalized spacial score (nSPS) is 10.5. The van der Waals surface area contributed by atoms with Crippen LogP contribution < -0.4 is 14.8 Å². The van der Waals surface area contributed by atoms with E-state index in [2.05, 4.69) is 17.4 Å². The molecule has 242 valence electrons. The lowest BCUT2D eigenvalue weighted by Crippen LogP contribution is -2.35. The number of benzene rings is 5. The van der Waals surface area contributed by atoms with Gasteiger partial charge in [0.15, 0.2) is 0 Å². The third-order valence-electron chi connectivity index (χ3n) is 7.50. The quantitative estimate of drug-likeness (QED) is 0.112. The molecule has 5 aromatic rings. The van der Waals surface area contributed by atoms with E-state index in [0.717, 1.165) is 17.5 Å². The highest BCUT2D eigenvalue weighted by molar-refractivity contribution is 5.97. The zero-order valence-electron chi connectivity index (χ0n) is 26.3. The maximum absolute atomic E-state index is 13.3. The van der Waals surface area contributed by atoms with Crippen LogP contribution in [0.1, 0.15) is 43.0 Å². The summed E-state index contributed by atoms with van der Waals surface area (Å²) in [5.41, 5.74) is 4.91. The molecular formula is C39H34N2O7. The Morgan fingerprint density at radius 1 is 0.646 bits per heavy atom. The van der Waals surface area contributed by atoms with Crippen LogP contribution in [0.5, 0.6) is 11.5 Å². The van der Waals surface area contributed by atoms with E-state index >= 15 is 0 Å². The van der Waals surface area contributed by atoms with E-state index in [-0.39, 0.29) is 24.4 Å². The number of carbonyl (C=O) groups is 4. The highest BCUT2D eigenvalue weighted by atomic mass is 16.5. The highest BCUT2D eigenvalue weighted by Crippen LogP contribution is 2.19. The summed E-state index contributed by atoms with van der Waals surface area (Å²) in [7, 11) is 1.57. The summed E-state index contributed by atoms with van der Waals surface area (Å²) in [5.74, 6) is -1.36. The van der Waals surface area contributed by atoms with Crippen molar-refractivity contribution in [1.82, 2.24) is 4.90 Å². The third-order valence-corrected chi connectivity index (χ3v) is 7.50. The molecule has 0 unspecified atom stereocenters. The molecule has 0 saturated carbocycles. The number of hydrogen-bond acceptors (Lipinski definition) is 6. The maximum atomic E-state index is 13.3. The molecule has 0 heterocycles. The second kappa shape index (κ2) is 15.9. The van der Waals surface area contributed by atoms with Crippen molar-refractivity contribution >= 4 is 29.4 Å². The minimum absolute atomic E-state index is 0.0165. The Labute approximate surface area is 278 Å². The number of rotatable bonds is 13. The van der Waals surface area contributed by atoms with Crippen molar-refractivity contribution < 1.29 is 33.8 Å². The van der Waals surface area contributed by atoms with Gasteiger partial charge in [-0.15, -0.1) is 0 Å². The summed E-state index contributed by atoms with van der Waals surface area (Å²) in [6, 6.07) is 37.3. The molecule has 0 aliphatic carbocycles. The molecule has 0 spiro atoms. The summed E-state index contributed by atoms with van der Waals surface area (Å²) >= 11 is 0. The predicted octanol–water partition coefficient (Wildman–Crippen LogP) is 6.41. The molecule has 0 aliphatic rings. The number of aliphatic carboxylic acids is 1. The van der Waals surface area contributed by atoms with Gasteiger partial charge in [0.2, 0.25) is 5.91 Å². The lowest BCUT2D eigenvalue weighted by molar-refractivity contribution is -0.137. The van der Waals surface area contributed by atoms with Crippen LogP contribution in [-0.4, -0.2) is 47.4 Å². The SMILES string of the molecule is COc1ccc(CC(=O)Nc2ccc(C(=O)N(CC(=O)O)Cc3ccc(OC(=O)c4ccc(Cc5ccccc5)cc4)cc3)cc2)cc1. The second-order valence-electron chi connectivity index (χ2n) is 11.1. The first-order valence-corrected chi connectivity index (χ1v) is 15.2. The van der Waals surface area contributed by atoms with E-state index in [9.17, 15) is 24.3 Å². The standard InChI is InChI=1S/C39H34N2O7/c1-47-34-19-9-29(10-20-34)24-36(42)40-33-17-15-31(16-18-33)38(45)41(26-37(43)44)25-30-11-21-35(22-12-30)48-39(46)32-13-7-28(8-14-32)23-27-5-3-2-4-6-27/h2-22H,23-26H2,1H3,(H,40,42)(H,43,44). The van der Waals surface area contributed by atoms with Crippen LogP contribution in [0.3, 0.4) is 0 Å². The largest absolute Gasteiger partial charge is 0.497 e. The van der Waals surface area contributed by atoms with Gasteiger partial charge in [-0.3, -0.25) is 14.4 Å². The Balaban J connectivity index is 1.16. The number of hydrogen-bond donors (Lipinski definition) is 2. The predicted molar refractivity (Wildman–Crippen MR) is 181 cm³/mol. The van der Waals surface area contributed by atoms with E-state index in [1.807, 2.05) is 42.5 Å². The molecule has 0 bridgehead atoms. The lowest BCUT2D eigenvalue weighted by atomic mass is 10.0. The van der Waals surface area contributed by atoms with E-state index in [1.165, 1.54) is 22.6 Å². The van der Waals surface area contributed by atoms with E-state index in [1.54, 1.807) is 67.8 Å². The summed E-state index contributed by atoms with van der Waals surface area (Å²) in [5, 5.41) is 12.3. The number of nitrogens with one attached hydrogen (secondary N) is 1. The number of methoxy groups -OCH3 is 1. The average Bonchev–Trinajstić information content (AvgIpc) is 3.09. The minimum atomic E-state index is -1.16. The van der Waals surface area contributed by atoms with Gasteiger partial charge in [0.1, 0.15) is 18.0 Å². The minimum Gasteiger partial charge on any atom is -0.497 e. The van der Waals surface area contributed by atoms with Crippen LogP contribution >= 0.6 is 0 Å². The summed E-state index contributed by atoms with van der Waals surface area (Å²) in [4.78, 5) is 51.4. The molecular weight excluding hydrogens is 608 g/mol. The molecule has 0 aliphatic heterocycles. The van der Waals surface area contributed by atoms with Crippen LogP contribution in [0.4, 0.5) is 5.69 Å². The molecule has 9 heteroatoms. The molecule has 2 amide bonds. The summed E-state index contributed by atoms with van der Waals surface area (Å²) in [6.45, 7) is -0.501. The topological polar surface area (TPSA) is 122 Å². The first kappa shape index (κ1) is 33.2. The van der Waals surface area contributed by atoms with Gasteiger partial charge in [-0.2, -0.15) is 0 Å². The number of esters is 1. The van der Waals surface area contributed by atoms with Gasteiger partial charge in [-0.25, -0.2) is 4.79 Å². The fourth-order valence-corrected chi connectivity index (χ4v) is 5.01. The highest BCUT2D eigenvalue weighted by Gasteiger charge is 2.20. The Kier molecular flexibility index (Phi) is 11.0. The number of ether oxygens (including phenoxy) is 2. The number of carboxylic acid groups (broad SMARTS) is 1. The summed E-state index contributed by atoms with van der Waals surface area (Å²) in [6.07, 6.45) is 0.923. The van der Waals surface area contributed by atoms with Crippen molar-refractivity contribution in [1.29, 1.82) is 0 Å². The van der Waals surface area contributed by atoms with Gasteiger partial charge in [0.25, 0.3) is 5.91 Å². The van der Waals surface area contributed by atoms with Crippen molar-refractivity contribution in [3.05, 3.63) is 161 Å². The molecule has 0 radical (unpaired) electrons. The van der Waals surface area contributed by atoms with Crippen LogP contribution in [0.25, 0.3) is 0 Å². The van der Waals surface area contributed by atoms with Crippen LogP contribution in [0, 0.1) is 0 Å². The van der Waals surface area contributed by atoms with Crippen molar-refractivity contribution in [2.75, 3.05) is 19.0 Å². The third kappa shape index (κ3) is 9.40. The number of carbonyl (C=O) groups excluding carboxylic acids is 3. The van der Waals surface area contributed by atoms with Gasteiger partial charge in [-0.05, 0) is 89.3 Å². The van der Waals surface area contributed by atoms with Gasteiger partial charge < -0.3 is 24.8 Å². The van der Waals surface area contributed by atoms with Crippen LogP contribution in [0.15, 0.2) is 127 Å². The second-order valence-corrected chi connectivity index (χ2v) is 11.1. The fraction of sp³-hybridized carbons (Fsp3) is 0.128. The maximum Gasteiger partial charge on any atom is 0.343 e. The molecule has 48 heavy (non-hydrogen) atoms. The van der Waals surface area contributed by atoms with Crippen molar-refractivity contribution in [3.63, 3.8) is 0 Å². The molecule has 0 aromatic heterocycles. The number of nitrogens with zero attached hydrogens (tertiary/aromatic N) is 1. The van der Waals surface area contributed by atoms with E-state index in [0.29, 0.717) is 28.3 Å². The van der Waals surface area contributed by atoms with Crippen molar-refractivity contribution in [2.45, 2.75) is 19.4 Å². The Hall–Kier alpha value is -6.22. The lowest BCUT2D eigenvalue weighted by Gasteiger charge is -2.21. The number of carboxylic acids is 1. The van der Waals surface area contributed by atoms with E-state index < -0.39 is 24.4 Å². The Morgan fingerprint density at radius 2 is 1.21 bits per heavy atom. The molecule has 5 rings (SSSR count). The van der Waals surface area contributed by atoms with Crippen molar-refractivity contribution in [2.24, 2.45) is 0 Å².